The largest absolute Gasteiger partial charge is 0.417 e. The number of allylic oxidation sites excluding steroid dienone is 2. The van der Waals surface area contributed by atoms with Crippen LogP contribution in [-0.4, -0.2) is 19.4 Å². The summed E-state index contributed by atoms with van der Waals surface area (Å²) in [6.45, 7) is 1.83. The number of unbranched alkanes of at least 4 members (excludes halogenated alkanes) is 1. The van der Waals surface area contributed by atoms with Gasteiger partial charge in [0.05, 0.1) is 5.57 Å². The lowest BCUT2D eigenvalue weighted by Gasteiger charge is -2.05. The van der Waals surface area contributed by atoms with Crippen molar-refractivity contribution in [3.63, 3.8) is 0 Å². The average Bonchev–Trinajstić information content (AvgIpc) is 1.95. The van der Waals surface area contributed by atoms with Gasteiger partial charge >= 0.3 is 6.18 Å². The van der Waals surface area contributed by atoms with E-state index in [1.54, 1.807) is 0 Å². The molecular formula is C8H12F3N. The molecule has 1 nitrogen and oxygen atoms in total. The first-order valence-electron chi connectivity index (χ1n) is 3.72. The molecule has 0 spiro atoms. The second-order valence-corrected chi connectivity index (χ2v) is 2.33. The van der Waals surface area contributed by atoms with Gasteiger partial charge in [-0.05, 0) is 6.42 Å². The van der Waals surface area contributed by atoms with E-state index in [0.29, 0.717) is 12.8 Å². The Labute approximate surface area is 70.0 Å². The van der Waals surface area contributed by atoms with Crippen molar-refractivity contribution in [1.82, 2.24) is 0 Å². The topological polar surface area (TPSA) is 12.4 Å². The fraction of sp³-hybridized carbons (Fsp3) is 0.625. The molecule has 0 saturated carbocycles. The molecule has 0 aromatic carbocycles. The first-order chi connectivity index (χ1) is 5.52. The summed E-state index contributed by atoms with van der Waals surface area (Å²) in [6.07, 6.45) is -1.13. The first kappa shape index (κ1) is 11.2. The van der Waals surface area contributed by atoms with Gasteiger partial charge in [-0.1, -0.05) is 19.4 Å². The molecule has 0 aromatic heterocycles. The van der Waals surface area contributed by atoms with Crippen molar-refractivity contribution in [2.24, 2.45) is 4.99 Å². The molecule has 0 rings (SSSR count). The zero-order valence-electron chi connectivity index (χ0n) is 7.15. The van der Waals surface area contributed by atoms with Crippen LogP contribution in [-0.2, 0) is 0 Å². The molecule has 0 aromatic rings. The maximum atomic E-state index is 12.1. The molecule has 0 heterocycles. The lowest BCUT2D eigenvalue weighted by atomic mass is 10.2. The Bertz CT molecular complexity index is 179. The first-order valence-corrected chi connectivity index (χ1v) is 3.72. The van der Waals surface area contributed by atoms with E-state index in [-0.39, 0.29) is 0 Å². The molecule has 0 saturated heterocycles. The Morgan fingerprint density at radius 3 is 2.33 bits per heavy atom. The highest BCUT2D eigenvalue weighted by atomic mass is 19.4. The van der Waals surface area contributed by atoms with Crippen LogP contribution in [0.4, 0.5) is 13.2 Å². The predicted molar refractivity (Wildman–Crippen MR) is 43.5 cm³/mol. The molecule has 0 amide bonds. The Kier molecular flexibility index (Phi) is 4.62. The van der Waals surface area contributed by atoms with Crippen LogP contribution in [0.25, 0.3) is 0 Å². The summed E-state index contributed by atoms with van der Waals surface area (Å²) >= 11 is 0. The van der Waals surface area contributed by atoms with Crippen molar-refractivity contribution in [3.05, 3.63) is 11.6 Å². The molecule has 0 aliphatic heterocycles. The summed E-state index contributed by atoms with van der Waals surface area (Å²) in [4.78, 5) is 3.34. The maximum absolute atomic E-state index is 12.1. The van der Waals surface area contributed by atoms with Gasteiger partial charge in [-0.25, -0.2) is 0 Å². The number of nitrogens with zero attached hydrogens (tertiary/aromatic N) is 1. The van der Waals surface area contributed by atoms with Gasteiger partial charge in [0.25, 0.3) is 0 Å². The lowest BCUT2D eigenvalue weighted by molar-refractivity contribution is -0.0858. The smallest absolute Gasteiger partial charge is 0.296 e. The minimum atomic E-state index is -4.27. The van der Waals surface area contributed by atoms with Gasteiger partial charge in [-0.2, -0.15) is 13.2 Å². The van der Waals surface area contributed by atoms with E-state index in [0.717, 1.165) is 12.3 Å². The Morgan fingerprint density at radius 2 is 2.00 bits per heavy atom. The third-order valence-corrected chi connectivity index (χ3v) is 1.25. The Hall–Kier alpha value is -0.800. The second kappa shape index (κ2) is 4.95. The summed E-state index contributed by atoms with van der Waals surface area (Å²) in [7, 11) is 1.32. The van der Waals surface area contributed by atoms with E-state index in [1.165, 1.54) is 7.05 Å². The van der Waals surface area contributed by atoms with Crippen LogP contribution in [0.1, 0.15) is 19.8 Å². The summed E-state index contributed by atoms with van der Waals surface area (Å²) in [5.41, 5.74) is -0.660. The van der Waals surface area contributed by atoms with Crippen LogP contribution in [0.5, 0.6) is 0 Å². The lowest BCUT2D eigenvalue weighted by Crippen LogP contribution is -2.12. The highest BCUT2D eigenvalue weighted by Gasteiger charge is 2.31. The van der Waals surface area contributed by atoms with Gasteiger partial charge in [0.15, 0.2) is 0 Å². The molecule has 0 fully saturated rings. The van der Waals surface area contributed by atoms with E-state index in [1.807, 2.05) is 6.92 Å². The van der Waals surface area contributed by atoms with Crippen molar-refractivity contribution >= 4 is 6.21 Å². The molecule has 0 radical (unpaired) electrons. The number of alkyl halides is 3. The Morgan fingerprint density at radius 1 is 1.42 bits per heavy atom. The monoisotopic (exact) mass is 179 g/mol. The zero-order valence-corrected chi connectivity index (χ0v) is 7.15. The molecule has 12 heavy (non-hydrogen) atoms. The fourth-order valence-corrected chi connectivity index (χ4v) is 0.681. The highest BCUT2D eigenvalue weighted by molar-refractivity contribution is 5.80. The summed E-state index contributed by atoms with van der Waals surface area (Å²) in [6, 6.07) is 0. The van der Waals surface area contributed by atoms with Crippen molar-refractivity contribution in [2.75, 3.05) is 7.05 Å². The van der Waals surface area contributed by atoms with Crippen molar-refractivity contribution in [3.8, 4) is 0 Å². The quantitative estimate of drug-likeness (QED) is 0.590. The van der Waals surface area contributed by atoms with Crippen LogP contribution >= 0.6 is 0 Å². The van der Waals surface area contributed by atoms with Gasteiger partial charge in [0, 0.05) is 13.3 Å². The average molecular weight is 179 g/mol. The summed E-state index contributed by atoms with van der Waals surface area (Å²) in [5.74, 6) is 0. The van der Waals surface area contributed by atoms with E-state index in [9.17, 15) is 13.2 Å². The molecular weight excluding hydrogens is 167 g/mol. The summed E-state index contributed by atoms with van der Waals surface area (Å²) in [5, 5.41) is 0. The van der Waals surface area contributed by atoms with Crippen molar-refractivity contribution < 1.29 is 13.2 Å². The van der Waals surface area contributed by atoms with Gasteiger partial charge in [0.1, 0.15) is 0 Å². The van der Waals surface area contributed by atoms with Crippen molar-refractivity contribution in [1.29, 1.82) is 0 Å². The van der Waals surface area contributed by atoms with Gasteiger partial charge in [-0.15, -0.1) is 0 Å². The number of hydrogen-bond donors (Lipinski definition) is 0. The number of hydrogen-bond acceptors (Lipinski definition) is 1. The van der Waals surface area contributed by atoms with Crippen LogP contribution < -0.4 is 0 Å². The SMILES string of the molecule is CCC/C=C(\C=NC)C(F)(F)F. The molecule has 0 atom stereocenters. The normalized spacial score (nSPS) is 14.2. The molecule has 0 bridgehead atoms. The minimum absolute atomic E-state index is 0.431. The molecule has 0 aliphatic rings. The van der Waals surface area contributed by atoms with E-state index < -0.39 is 11.7 Å². The molecule has 70 valence electrons. The zero-order chi connectivity index (χ0) is 9.61. The van der Waals surface area contributed by atoms with Crippen LogP contribution in [0.2, 0.25) is 0 Å². The standard InChI is InChI=1S/C8H12F3N/c1-3-4-5-7(6-12-2)8(9,10)11/h5-6H,3-4H2,1-2H3/b7-5+,12-6?. The predicted octanol–water partition coefficient (Wildman–Crippen LogP) is 2.98. The number of aliphatic imine (C=N–C) groups is 1. The molecule has 0 aliphatic carbocycles. The number of halogens is 3. The van der Waals surface area contributed by atoms with Crippen LogP contribution in [0.15, 0.2) is 16.6 Å². The third kappa shape index (κ3) is 4.16. The van der Waals surface area contributed by atoms with Gasteiger partial charge in [0.2, 0.25) is 0 Å². The Balaban J connectivity index is 4.44. The highest BCUT2D eigenvalue weighted by Crippen LogP contribution is 2.24. The molecule has 0 N–H and O–H groups in total. The molecule has 4 heteroatoms. The van der Waals surface area contributed by atoms with E-state index >= 15 is 0 Å². The number of rotatable bonds is 3. The summed E-state index contributed by atoms with van der Waals surface area (Å²) < 4.78 is 36.2. The van der Waals surface area contributed by atoms with Crippen molar-refractivity contribution in [2.45, 2.75) is 25.9 Å². The fourth-order valence-electron chi connectivity index (χ4n) is 0.681. The van der Waals surface area contributed by atoms with Crippen LogP contribution in [0.3, 0.4) is 0 Å². The van der Waals surface area contributed by atoms with E-state index in [2.05, 4.69) is 4.99 Å². The minimum Gasteiger partial charge on any atom is -0.296 e. The van der Waals surface area contributed by atoms with Gasteiger partial charge < -0.3 is 0 Å². The second-order valence-electron chi connectivity index (χ2n) is 2.33. The third-order valence-electron chi connectivity index (χ3n) is 1.25. The maximum Gasteiger partial charge on any atom is 0.417 e. The van der Waals surface area contributed by atoms with Crippen LogP contribution in [0, 0.1) is 0 Å². The van der Waals surface area contributed by atoms with E-state index in [4.69, 9.17) is 0 Å². The molecule has 0 unspecified atom stereocenters. The van der Waals surface area contributed by atoms with Gasteiger partial charge in [-0.3, -0.25) is 4.99 Å².